The molecule has 0 bridgehead atoms. The highest BCUT2D eigenvalue weighted by molar-refractivity contribution is 7.98. The summed E-state index contributed by atoms with van der Waals surface area (Å²) in [4.78, 5) is 33.5. The van der Waals surface area contributed by atoms with Crippen molar-refractivity contribution in [2.75, 3.05) is 24.3 Å². The number of nitrogen functional groups attached to an aromatic ring is 1. The second-order valence-corrected chi connectivity index (χ2v) is 13.5. The van der Waals surface area contributed by atoms with Gasteiger partial charge < -0.3 is 19.8 Å². The van der Waals surface area contributed by atoms with Crippen molar-refractivity contribution in [2.45, 2.75) is 70.3 Å². The van der Waals surface area contributed by atoms with Crippen LogP contribution in [0.3, 0.4) is 0 Å². The first-order valence-electron chi connectivity index (χ1n) is 16.2. The zero-order valence-electron chi connectivity index (χ0n) is 28.7. The number of carbonyl (C=O) groups excluding carboxylic acids is 2. The van der Waals surface area contributed by atoms with E-state index < -0.39 is 17.7 Å². The van der Waals surface area contributed by atoms with Gasteiger partial charge in [-0.2, -0.15) is 5.21 Å². The van der Waals surface area contributed by atoms with Crippen LogP contribution in [0.4, 0.5) is 16.2 Å². The molecular weight excluding hydrogens is 641 g/mol. The van der Waals surface area contributed by atoms with Gasteiger partial charge in [0.15, 0.2) is 5.69 Å². The number of aromatic amines is 1. The molecule has 12 nitrogen and oxygen atoms in total. The second-order valence-electron chi connectivity index (χ2n) is 12.4. The highest BCUT2D eigenvalue weighted by atomic mass is 32.2. The van der Waals surface area contributed by atoms with Crippen LogP contribution in [0.15, 0.2) is 71.6 Å². The highest BCUT2D eigenvalue weighted by Crippen LogP contribution is 2.33. The molecule has 5 rings (SSSR count). The van der Waals surface area contributed by atoms with Gasteiger partial charge in [0.2, 0.25) is 5.82 Å². The number of aromatic nitrogens is 6. The summed E-state index contributed by atoms with van der Waals surface area (Å²) >= 11 is 1.50. The van der Waals surface area contributed by atoms with Crippen LogP contribution in [0.25, 0.3) is 22.5 Å². The molecule has 0 aliphatic carbocycles. The van der Waals surface area contributed by atoms with Crippen LogP contribution in [0.5, 0.6) is 0 Å². The van der Waals surface area contributed by atoms with Crippen LogP contribution in [0.2, 0.25) is 0 Å². The molecule has 0 spiro atoms. The van der Waals surface area contributed by atoms with Crippen molar-refractivity contribution >= 4 is 35.2 Å². The quantitative estimate of drug-likeness (QED) is 0.0787. The number of tetrazole rings is 1. The van der Waals surface area contributed by atoms with Crippen LogP contribution in [0, 0.1) is 0 Å². The number of imidazole rings is 1. The Bertz CT molecular complexity index is 1900. The monoisotopic (exact) mass is 682 g/mol. The van der Waals surface area contributed by atoms with Crippen molar-refractivity contribution < 1.29 is 19.1 Å². The molecular formula is C36H42N8O4S. The molecule has 0 aliphatic heterocycles. The maximum absolute atomic E-state index is 13.5. The van der Waals surface area contributed by atoms with Gasteiger partial charge >= 0.3 is 12.1 Å². The molecule has 0 saturated carbocycles. The molecule has 0 radical (unpaired) electrons. The van der Waals surface area contributed by atoms with Crippen LogP contribution in [-0.2, 0) is 28.2 Å². The third-order valence-corrected chi connectivity index (χ3v) is 8.59. The largest absolute Gasteiger partial charge is 0.461 e. The predicted octanol–water partition coefficient (Wildman–Crippen LogP) is 7.15. The minimum atomic E-state index is -0.644. The van der Waals surface area contributed by atoms with Crippen molar-refractivity contribution in [3.05, 3.63) is 89.5 Å². The Kier molecular flexibility index (Phi) is 11.0. The third kappa shape index (κ3) is 8.47. The molecule has 3 N–H and O–H groups in total. The number of anilines is 2. The Morgan fingerprint density at radius 1 is 1.02 bits per heavy atom. The number of esters is 1. The highest BCUT2D eigenvalue weighted by Gasteiger charge is 2.25. The van der Waals surface area contributed by atoms with E-state index in [4.69, 9.17) is 20.2 Å². The van der Waals surface area contributed by atoms with E-state index in [1.54, 1.807) is 20.0 Å². The number of thioether (sulfide) groups is 1. The fourth-order valence-corrected chi connectivity index (χ4v) is 6.19. The van der Waals surface area contributed by atoms with Gasteiger partial charge in [0.1, 0.15) is 11.4 Å². The molecule has 5 aromatic rings. The number of carbonyl (C=O) groups is 2. The summed E-state index contributed by atoms with van der Waals surface area (Å²) in [5, 5.41) is 14.5. The van der Waals surface area contributed by atoms with Crippen molar-refractivity contribution in [3.8, 4) is 22.5 Å². The summed E-state index contributed by atoms with van der Waals surface area (Å²) in [6.07, 6.45) is 1.05. The number of H-pyrrole nitrogens is 1. The van der Waals surface area contributed by atoms with E-state index in [1.807, 2.05) is 61.7 Å². The lowest BCUT2D eigenvalue weighted by molar-refractivity contribution is 0.0511. The molecule has 49 heavy (non-hydrogen) atoms. The van der Waals surface area contributed by atoms with Gasteiger partial charge in [-0.05, 0) is 74.2 Å². The van der Waals surface area contributed by atoms with Crippen molar-refractivity contribution in [2.24, 2.45) is 0 Å². The van der Waals surface area contributed by atoms with Gasteiger partial charge in [0.05, 0.1) is 23.7 Å². The SMILES string of the molecule is CCCc1nc(CSc2ccc(N)c(N(C)C(=O)OC(C)(C)C)c2)c(C(=O)OCC)n1Cc1ccc(-c2ccccc2-c2nn[nH]n2)cc1. The number of ether oxygens (including phenoxy) is 2. The zero-order chi connectivity index (χ0) is 35.1. The van der Waals surface area contributed by atoms with Crippen LogP contribution < -0.4 is 10.6 Å². The van der Waals surface area contributed by atoms with Gasteiger partial charge in [0, 0.05) is 36.2 Å². The lowest BCUT2D eigenvalue weighted by Crippen LogP contribution is -2.34. The molecule has 0 saturated heterocycles. The first kappa shape index (κ1) is 35.1. The molecule has 0 fully saturated rings. The number of amides is 1. The summed E-state index contributed by atoms with van der Waals surface area (Å²) in [5.41, 5.74) is 11.5. The van der Waals surface area contributed by atoms with Crippen LogP contribution in [-0.4, -0.2) is 61.5 Å². The van der Waals surface area contributed by atoms with E-state index in [1.165, 1.54) is 16.7 Å². The molecule has 13 heteroatoms. The van der Waals surface area contributed by atoms with E-state index in [-0.39, 0.29) is 6.61 Å². The standard InChI is InChI=1S/C36H42N8O4S/c1-7-11-31-38-29(22-49-25-18-19-28(37)30(20-25)43(6)35(46)48-36(3,4)5)32(34(45)47-8-2)44(31)21-23-14-16-24(17-15-23)26-12-9-10-13-27(26)33-39-41-42-40-33/h9-10,12-20H,7-8,11,21-22,37H2,1-6H3,(H,39,40,41,42). The number of rotatable bonds is 12. The van der Waals surface area contributed by atoms with Gasteiger partial charge in [-0.25, -0.2) is 14.6 Å². The van der Waals surface area contributed by atoms with Crippen molar-refractivity contribution in [1.82, 2.24) is 30.2 Å². The summed E-state index contributed by atoms with van der Waals surface area (Å²) in [6.45, 7) is 10.0. The average molecular weight is 683 g/mol. The van der Waals surface area contributed by atoms with Gasteiger partial charge in [-0.15, -0.1) is 22.0 Å². The lowest BCUT2D eigenvalue weighted by Gasteiger charge is -2.25. The predicted molar refractivity (Wildman–Crippen MR) is 191 cm³/mol. The number of nitrogens with two attached hydrogens (primary N) is 1. The number of nitrogens with one attached hydrogen (secondary N) is 1. The molecule has 2 aromatic heterocycles. The first-order valence-corrected chi connectivity index (χ1v) is 17.1. The fourth-order valence-electron chi connectivity index (χ4n) is 5.33. The number of aryl methyl sites for hydroxylation is 1. The van der Waals surface area contributed by atoms with Crippen molar-refractivity contribution in [3.63, 3.8) is 0 Å². The minimum Gasteiger partial charge on any atom is -0.461 e. The number of benzene rings is 3. The maximum Gasteiger partial charge on any atom is 0.414 e. The van der Waals surface area contributed by atoms with Crippen LogP contribution in [0.1, 0.15) is 68.6 Å². The molecule has 3 aromatic carbocycles. The molecule has 0 atom stereocenters. The van der Waals surface area contributed by atoms with E-state index in [0.717, 1.165) is 39.4 Å². The first-order chi connectivity index (χ1) is 23.5. The molecule has 256 valence electrons. The van der Waals surface area contributed by atoms with Crippen LogP contribution >= 0.6 is 11.8 Å². The lowest BCUT2D eigenvalue weighted by atomic mass is 9.98. The number of hydrogen-bond donors (Lipinski definition) is 2. The molecule has 0 unspecified atom stereocenters. The number of hydrogen-bond acceptors (Lipinski definition) is 10. The zero-order valence-corrected chi connectivity index (χ0v) is 29.5. The summed E-state index contributed by atoms with van der Waals surface area (Å²) in [5.74, 6) is 1.33. The molecule has 1 amide bonds. The van der Waals surface area contributed by atoms with E-state index in [0.29, 0.717) is 47.3 Å². The summed E-state index contributed by atoms with van der Waals surface area (Å²) in [6, 6.07) is 21.6. The Balaban J connectivity index is 1.42. The average Bonchev–Trinajstić information content (AvgIpc) is 3.73. The summed E-state index contributed by atoms with van der Waals surface area (Å²) < 4.78 is 13.1. The smallest absolute Gasteiger partial charge is 0.414 e. The Labute approximate surface area is 290 Å². The Hall–Kier alpha value is -5.17. The van der Waals surface area contributed by atoms with Crippen molar-refractivity contribution in [1.29, 1.82) is 0 Å². The third-order valence-electron chi connectivity index (χ3n) is 7.59. The normalized spacial score (nSPS) is 11.4. The summed E-state index contributed by atoms with van der Waals surface area (Å²) in [7, 11) is 1.63. The van der Waals surface area contributed by atoms with E-state index in [9.17, 15) is 9.59 Å². The number of nitrogens with zero attached hydrogens (tertiary/aromatic N) is 6. The maximum atomic E-state index is 13.5. The Morgan fingerprint density at radius 2 is 1.76 bits per heavy atom. The molecule has 0 aliphatic rings. The van der Waals surface area contributed by atoms with E-state index >= 15 is 0 Å². The van der Waals surface area contributed by atoms with Gasteiger partial charge in [-0.3, -0.25) is 4.90 Å². The van der Waals surface area contributed by atoms with E-state index in [2.05, 4.69) is 51.8 Å². The topological polar surface area (TPSA) is 154 Å². The van der Waals surface area contributed by atoms with Gasteiger partial charge in [0.25, 0.3) is 0 Å². The Morgan fingerprint density at radius 3 is 2.41 bits per heavy atom. The minimum absolute atomic E-state index is 0.243. The van der Waals surface area contributed by atoms with Gasteiger partial charge in [-0.1, -0.05) is 55.5 Å². The molecule has 2 heterocycles. The fraction of sp³-hybridized carbons (Fsp3) is 0.333. The second kappa shape index (κ2) is 15.4.